The standard InChI is InChI=1S/C22H23NO4S2/c1-15(14-28-22(27)16-8-4-2-5-9-16)20(24)23-13-18(12-19(23)21(25)26)29-17-10-6-3-7-11-17/h2-11,15,18-19H,12-14H2,1H3,(H,25,26)/p-1/t15-,18-,19-/m0/s1. The van der Waals surface area contributed by atoms with Crippen molar-refractivity contribution in [2.75, 3.05) is 12.3 Å². The number of benzene rings is 2. The van der Waals surface area contributed by atoms with Crippen LogP contribution in [0.1, 0.15) is 23.7 Å². The van der Waals surface area contributed by atoms with Crippen LogP contribution in [-0.4, -0.2) is 45.5 Å². The predicted octanol–water partition coefficient (Wildman–Crippen LogP) is 2.71. The Hall–Kier alpha value is -2.25. The van der Waals surface area contributed by atoms with Gasteiger partial charge in [0.2, 0.25) is 11.0 Å². The molecule has 1 heterocycles. The fourth-order valence-electron chi connectivity index (χ4n) is 3.25. The fraction of sp³-hybridized carbons (Fsp3) is 0.318. The molecule has 0 saturated carbocycles. The van der Waals surface area contributed by atoms with Gasteiger partial charge in [0.1, 0.15) is 0 Å². The maximum atomic E-state index is 12.9. The van der Waals surface area contributed by atoms with Gasteiger partial charge in [0.05, 0.1) is 12.0 Å². The molecule has 0 bridgehead atoms. The minimum Gasteiger partial charge on any atom is -0.548 e. The van der Waals surface area contributed by atoms with Gasteiger partial charge in [0.15, 0.2) is 0 Å². The average molecular weight is 429 g/mol. The van der Waals surface area contributed by atoms with Gasteiger partial charge in [0.25, 0.3) is 0 Å². The number of carboxylic acids is 1. The van der Waals surface area contributed by atoms with Gasteiger partial charge in [-0.15, -0.1) is 11.8 Å². The lowest BCUT2D eigenvalue weighted by Gasteiger charge is -2.27. The van der Waals surface area contributed by atoms with E-state index in [0.29, 0.717) is 24.3 Å². The van der Waals surface area contributed by atoms with E-state index >= 15 is 0 Å². The Labute approximate surface area is 178 Å². The molecule has 1 aliphatic rings. The van der Waals surface area contributed by atoms with E-state index in [2.05, 4.69) is 0 Å². The highest BCUT2D eigenvalue weighted by molar-refractivity contribution is 8.14. The Morgan fingerprint density at radius 3 is 2.31 bits per heavy atom. The van der Waals surface area contributed by atoms with E-state index in [1.807, 2.05) is 36.4 Å². The van der Waals surface area contributed by atoms with Gasteiger partial charge in [-0.3, -0.25) is 9.59 Å². The zero-order chi connectivity index (χ0) is 20.8. The molecule has 5 nitrogen and oxygen atoms in total. The first kappa shape index (κ1) is 21.5. The summed E-state index contributed by atoms with van der Waals surface area (Å²) < 4.78 is 0. The number of carbonyl (C=O) groups excluding carboxylic acids is 3. The molecule has 3 rings (SSSR count). The van der Waals surface area contributed by atoms with Crippen molar-refractivity contribution in [1.29, 1.82) is 0 Å². The Kier molecular flexibility index (Phi) is 7.39. The summed E-state index contributed by atoms with van der Waals surface area (Å²) >= 11 is 2.66. The Morgan fingerprint density at radius 2 is 1.69 bits per heavy atom. The van der Waals surface area contributed by atoms with Crippen molar-refractivity contribution in [3.8, 4) is 0 Å². The first-order valence-electron chi connectivity index (χ1n) is 9.41. The smallest absolute Gasteiger partial charge is 0.226 e. The van der Waals surface area contributed by atoms with Crippen LogP contribution in [-0.2, 0) is 9.59 Å². The monoisotopic (exact) mass is 428 g/mol. The highest BCUT2D eigenvalue weighted by atomic mass is 32.2. The maximum Gasteiger partial charge on any atom is 0.226 e. The molecule has 0 unspecified atom stereocenters. The van der Waals surface area contributed by atoms with Crippen molar-refractivity contribution in [2.24, 2.45) is 5.92 Å². The van der Waals surface area contributed by atoms with Crippen LogP contribution in [0.2, 0.25) is 0 Å². The summed E-state index contributed by atoms with van der Waals surface area (Å²) in [5.74, 6) is -1.63. The number of carbonyl (C=O) groups is 3. The van der Waals surface area contributed by atoms with Crippen molar-refractivity contribution in [2.45, 2.75) is 29.5 Å². The molecule has 0 N–H and O–H groups in total. The third-order valence-corrected chi connectivity index (χ3v) is 7.14. The number of aliphatic carboxylic acids is 1. The van der Waals surface area contributed by atoms with Crippen LogP contribution in [0, 0.1) is 5.92 Å². The van der Waals surface area contributed by atoms with Crippen LogP contribution in [0.5, 0.6) is 0 Å². The highest BCUT2D eigenvalue weighted by Crippen LogP contribution is 2.33. The summed E-state index contributed by atoms with van der Waals surface area (Å²) in [4.78, 5) is 39.2. The lowest BCUT2D eigenvalue weighted by Crippen LogP contribution is -2.48. The first-order chi connectivity index (χ1) is 14.0. The summed E-state index contributed by atoms with van der Waals surface area (Å²) in [5, 5.41) is 11.5. The molecule has 0 aromatic heterocycles. The minimum absolute atomic E-state index is 0.00458. The Bertz CT molecular complexity index is 860. The maximum absolute atomic E-state index is 12.9. The molecule has 29 heavy (non-hydrogen) atoms. The van der Waals surface area contributed by atoms with Crippen LogP contribution >= 0.6 is 23.5 Å². The quantitative estimate of drug-likeness (QED) is 0.675. The second kappa shape index (κ2) is 9.98. The van der Waals surface area contributed by atoms with Crippen LogP contribution in [0.3, 0.4) is 0 Å². The van der Waals surface area contributed by atoms with Crippen molar-refractivity contribution < 1.29 is 19.5 Å². The molecular formula is C22H22NO4S2-. The first-order valence-corrected chi connectivity index (χ1v) is 11.3. The van der Waals surface area contributed by atoms with Gasteiger partial charge in [-0.05, 0) is 18.6 Å². The zero-order valence-corrected chi connectivity index (χ0v) is 17.7. The van der Waals surface area contributed by atoms with Crippen LogP contribution in [0.4, 0.5) is 0 Å². The van der Waals surface area contributed by atoms with Crippen molar-refractivity contribution in [3.05, 3.63) is 66.2 Å². The molecule has 3 atom stereocenters. The summed E-state index contributed by atoms with van der Waals surface area (Å²) in [7, 11) is 0. The molecule has 7 heteroatoms. The topological polar surface area (TPSA) is 77.5 Å². The number of thioether (sulfide) groups is 2. The summed E-state index contributed by atoms with van der Waals surface area (Å²) in [6.45, 7) is 2.09. The zero-order valence-electron chi connectivity index (χ0n) is 16.0. The minimum atomic E-state index is -1.23. The van der Waals surface area contributed by atoms with Crippen molar-refractivity contribution in [3.63, 3.8) is 0 Å². The second-order valence-electron chi connectivity index (χ2n) is 6.98. The molecule has 0 aliphatic carbocycles. The number of nitrogens with zero attached hydrogens (tertiary/aromatic N) is 1. The van der Waals surface area contributed by atoms with Crippen LogP contribution in [0.25, 0.3) is 0 Å². The number of rotatable bonds is 7. The summed E-state index contributed by atoms with van der Waals surface area (Å²) in [5.41, 5.74) is 0.588. The lowest BCUT2D eigenvalue weighted by molar-refractivity contribution is -0.310. The van der Waals surface area contributed by atoms with Gasteiger partial charge in [-0.25, -0.2) is 0 Å². The van der Waals surface area contributed by atoms with E-state index in [-0.39, 0.29) is 16.3 Å². The molecular weight excluding hydrogens is 406 g/mol. The fourth-order valence-corrected chi connectivity index (χ4v) is 5.31. The Balaban J connectivity index is 1.59. The number of carboxylic acid groups (broad SMARTS) is 1. The van der Waals surface area contributed by atoms with Crippen LogP contribution in [0.15, 0.2) is 65.6 Å². The van der Waals surface area contributed by atoms with Gasteiger partial charge in [0, 0.05) is 33.9 Å². The summed E-state index contributed by atoms with van der Waals surface area (Å²) in [6.07, 6.45) is 0.358. The molecule has 152 valence electrons. The van der Waals surface area contributed by atoms with Crippen LogP contribution < -0.4 is 5.11 Å². The van der Waals surface area contributed by atoms with E-state index in [1.54, 1.807) is 43.0 Å². The second-order valence-corrected chi connectivity index (χ2v) is 9.35. The van der Waals surface area contributed by atoms with Gasteiger partial charge >= 0.3 is 0 Å². The van der Waals surface area contributed by atoms with E-state index in [4.69, 9.17) is 0 Å². The molecule has 2 aromatic rings. The lowest BCUT2D eigenvalue weighted by atomic mass is 10.1. The number of hydrogen-bond donors (Lipinski definition) is 0. The van der Waals surface area contributed by atoms with Gasteiger partial charge in [-0.2, -0.15) is 0 Å². The SMILES string of the molecule is C[C@@H](CSC(=O)c1ccccc1)C(=O)N1C[C@@H](Sc2ccccc2)C[C@H]1C(=O)[O-]. The summed E-state index contributed by atoms with van der Waals surface area (Å²) in [6, 6.07) is 17.7. The molecule has 1 saturated heterocycles. The molecule has 0 radical (unpaired) electrons. The largest absolute Gasteiger partial charge is 0.548 e. The highest BCUT2D eigenvalue weighted by Gasteiger charge is 2.38. The number of hydrogen-bond acceptors (Lipinski definition) is 6. The van der Waals surface area contributed by atoms with Gasteiger partial charge in [-0.1, -0.05) is 67.2 Å². The molecule has 2 aromatic carbocycles. The molecule has 1 fully saturated rings. The van der Waals surface area contributed by atoms with Crippen molar-refractivity contribution in [1.82, 2.24) is 4.90 Å². The Morgan fingerprint density at radius 1 is 1.07 bits per heavy atom. The normalized spacial score (nSPS) is 19.7. The number of amides is 1. The average Bonchev–Trinajstić information content (AvgIpc) is 3.16. The van der Waals surface area contributed by atoms with Gasteiger partial charge < -0.3 is 14.8 Å². The van der Waals surface area contributed by atoms with E-state index < -0.39 is 17.9 Å². The molecule has 1 amide bonds. The molecule has 0 spiro atoms. The number of likely N-dealkylation sites (tertiary alicyclic amines) is 1. The van der Waals surface area contributed by atoms with Crippen molar-refractivity contribution >= 4 is 40.5 Å². The predicted molar refractivity (Wildman–Crippen MR) is 114 cm³/mol. The molecule has 1 aliphatic heterocycles. The van der Waals surface area contributed by atoms with E-state index in [1.165, 1.54) is 4.90 Å². The van der Waals surface area contributed by atoms with E-state index in [0.717, 1.165) is 16.7 Å². The third kappa shape index (κ3) is 5.64. The van der Waals surface area contributed by atoms with E-state index in [9.17, 15) is 19.5 Å². The third-order valence-electron chi connectivity index (χ3n) is 4.76.